The molecule has 0 unspecified atom stereocenters. The Hall–Kier alpha value is -0.370. The maximum atomic E-state index is 9.94. The Bertz CT molecular complexity index is 141. The number of hydrogen-bond donors (Lipinski definition) is 0. The highest BCUT2D eigenvalue weighted by molar-refractivity contribution is 5.50. The topological polar surface area (TPSA) is 20.3 Å². The lowest BCUT2D eigenvalue weighted by Gasteiger charge is -2.13. The average molecular weight is 196 g/mol. The molecule has 0 aliphatic carbocycles. The van der Waals surface area contributed by atoms with Crippen molar-refractivity contribution in [3.05, 3.63) is 0 Å². The molecule has 0 aromatic rings. The second-order valence-electron chi connectivity index (χ2n) is 4.21. The highest BCUT2D eigenvalue weighted by Crippen LogP contribution is 2.10. The van der Waals surface area contributed by atoms with Crippen LogP contribution in [0.3, 0.4) is 0 Å². The Morgan fingerprint density at radius 2 is 1.57 bits per heavy atom. The summed E-state index contributed by atoms with van der Waals surface area (Å²) in [5.74, 6) is 0. The minimum Gasteiger partial charge on any atom is -0.303 e. The molecule has 0 aromatic carbocycles. The van der Waals surface area contributed by atoms with Gasteiger partial charge in [-0.2, -0.15) is 0 Å². The summed E-state index contributed by atoms with van der Waals surface area (Å²) < 4.78 is 0. The summed E-state index contributed by atoms with van der Waals surface area (Å²) in [6.45, 7) is 3.93. The summed E-state index contributed by atoms with van der Waals surface area (Å²) in [7, 11) is 0. The van der Waals surface area contributed by atoms with E-state index in [9.17, 15) is 4.79 Å². The van der Waals surface area contributed by atoms with Crippen LogP contribution in [0.2, 0.25) is 0 Å². The van der Waals surface area contributed by atoms with Crippen LogP contribution < -0.4 is 0 Å². The minimum absolute atomic E-state index is 0.631. The molecular formula is C12H22NO. The zero-order valence-electron chi connectivity index (χ0n) is 9.13. The minimum atomic E-state index is 0.631. The molecule has 2 nitrogen and oxygen atoms in total. The molecule has 1 radical (unpaired) electrons. The van der Waals surface area contributed by atoms with Gasteiger partial charge in [-0.3, -0.25) is 4.79 Å². The van der Waals surface area contributed by atoms with Gasteiger partial charge in [0.2, 0.25) is 0 Å². The number of nitrogens with zero attached hydrogens (tertiary/aromatic N) is 1. The van der Waals surface area contributed by atoms with Gasteiger partial charge < -0.3 is 4.90 Å². The Kier molecular flexibility index (Phi) is 6.67. The lowest BCUT2D eigenvalue weighted by atomic mass is 10.1. The number of hydrogen-bond acceptors (Lipinski definition) is 2. The maximum Gasteiger partial charge on any atom is 0.198 e. The Balaban J connectivity index is 1.77. The van der Waals surface area contributed by atoms with Crippen LogP contribution in [0.1, 0.15) is 51.4 Å². The molecule has 0 atom stereocenters. The largest absolute Gasteiger partial charge is 0.303 e. The Morgan fingerprint density at radius 3 is 2.29 bits per heavy atom. The molecule has 14 heavy (non-hydrogen) atoms. The van der Waals surface area contributed by atoms with Crippen molar-refractivity contribution in [3.8, 4) is 0 Å². The summed E-state index contributed by atoms with van der Waals surface area (Å²) in [4.78, 5) is 12.5. The molecule has 1 fully saturated rings. The van der Waals surface area contributed by atoms with Crippen molar-refractivity contribution in [2.45, 2.75) is 51.4 Å². The molecule has 81 valence electrons. The molecule has 2 heteroatoms. The zero-order valence-corrected chi connectivity index (χ0v) is 9.13. The van der Waals surface area contributed by atoms with Crippen LogP contribution in [0.15, 0.2) is 0 Å². The van der Waals surface area contributed by atoms with Gasteiger partial charge in [-0.25, -0.2) is 0 Å². The van der Waals surface area contributed by atoms with Crippen molar-refractivity contribution in [1.82, 2.24) is 4.90 Å². The molecule has 1 saturated heterocycles. The summed E-state index contributed by atoms with van der Waals surface area (Å²) in [6, 6.07) is 0. The smallest absolute Gasteiger partial charge is 0.198 e. The lowest BCUT2D eigenvalue weighted by Crippen LogP contribution is -2.20. The fourth-order valence-corrected chi connectivity index (χ4v) is 2.07. The number of carbonyl (C=O) groups excluding carboxylic acids is 1. The number of rotatable bonds is 8. The van der Waals surface area contributed by atoms with Crippen LogP contribution in [0.4, 0.5) is 0 Å². The van der Waals surface area contributed by atoms with Crippen LogP contribution in [-0.4, -0.2) is 30.8 Å². The lowest BCUT2D eigenvalue weighted by molar-refractivity contribution is 0.328. The second kappa shape index (κ2) is 7.98. The molecule has 0 bridgehead atoms. The standard InChI is InChI=1S/C12H22NO/c14-12-8-4-2-1-3-5-9-13-10-6-7-11-13/h1-11H2. The first-order chi connectivity index (χ1) is 6.93. The molecule has 0 amide bonds. The van der Waals surface area contributed by atoms with E-state index in [0.29, 0.717) is 6.42 Å². The van der Waals surface area contributed by atoms with E-state index >= 15 is 0 Å². The van der Waals surface area contributed by atoms with E-state index in [-0.39, 0.29) is 0 Å². The first kappa shape index (κ1) is 11.7. The van der Waals surface area contributed by atoms with E-state index in [1.165, 1.54) is 58.2 Å². The van der Waals surface area contributed by atoms with Crippen LogP contribution in [0, 0.1) is 0 Å². The second-order valence-corrected chi connectivity index (χ2v) is 4.21. The molecule has 1 rings (SSSR count). The van der Waals surface area contributed by atoms with Gasteiger partial charge in [0.05, 0.1) is 0 Å². The summed E-state index contributed by atoms with van der Waals surface area (Å²) >= 11 is 0. The van der Waals surface area contributed by atoms with Gasteiger partial charge in [-0.1, -0.05) is 19.3 Å². The van der Waals surface area contributed by atoms with Crippen molar-refractivity contribution in [1.29, 1.82) is 0 Å². The molecule has 0 saturated carbocycles. The number of unbranched alkanes of at least 4 members (excludes halogenated alkanes) is 5. The fraction of sp³-hybridized carbons (Fsp3) is 0.917. The molecule has 1 aliphatic heterocycles. The van der Waals surface area contributed by atoms with Gasteiger partial charge in [0.1, 0.15) is 0 Å². The Morgan fingerprint density at radius 1 is 0.929 bits per heavy atom. The van der Waals surface area contributed by atoms with Gasteiger partial charge in [0, 0.05) is 6.42 Å². The molecule has 0 spiro atoms. The van der Waals surface area contributed by atoms with E-state index in [4.69, 9.17) is 0 Å². The quantitative estimate of drug-likeness (QED) is 0.556. The van der Waals surface area contributed by atoms with Crippen LogP contribution in [0.25, 0.3) is 0 Å². The van der Waals surface area contributed by atoms with Crippen LogP contribution in [-0.2, 0) is 4.79 Å². The number of likely N-dealkylation sites (tertiary alicyclic amines) is 1. The molecule has 1 heterocycles. The van der Waals surface area contributed by atoms with Crippen molar-refractivity contribution in [2.24, 2.45) is 0 Å². The zero-order chi connectivity index (χ0) is 10.1. The third kappa shape index (κ3) is 5.38. The maximum absolute atomic E-state index is 9.94. The molecule has 1 aliphatic rings. The predicted molar refractivity (Wildman–Crippen MR) is 59.1 cm³/mol. The summed E-state index contributed by atoms with van der Waals surface area (Å²) in [6.07, 6.45) is 11.6. The van der Waals surface area contributed by atoms with Crippen LogP contribution in [0.5, 0.6) is 0 Å². The average Bonchev–Trinajstić information content (AvgIpc) is 2.69. The van der Waals surface area contributed by atoms with E-state index < -0.39 is 0 Å². The van der Waals surface area contributed by atoms with Crippen molar-refractivity contribution < 1.29 is 4.79 Å². The van der Waals surface area contributed by atoms with E-state index in [2.05, 4.69) is 4.90 Å². The third-order valence-corrected chi connectivity index (χ3v) is 2.95. The monoisotopic (exact) mass is 196 g/mol. The van der Waals surface area contributed by atoms with E-state index in [0.717, 1.165) is 6.42 Å². The van der Waals surface area contributed by atoms with Crippen molar-refractivity contribution in [3.63, 3.8) is 0 Å². The molecular weight excluding hydrogens is 174 g/mol. The molecule has 0 N–H and O–H groups in total. The van der Waals surface area contributed by atoms with Gasteiger partial charge >= 0.3 is 0 Å². The predicted octanol–water partition coefficient (Wildman–Crippen LogP) is 2.53. The first-order valence-electron chi connectivity index (χ1n) is 6.01. The molecule has 0 aromatic heterocycles. The van der Waals surface area contributed by atoms with Gasteiger partial charge in [0.15, 0.2) is 6.29 Å². The normalized spacial score (nSPS) is 17.4. The van der Waals surface area contributed by atoms with Gasteiger partial charge in [0.25, 0.3) is 0 Å². The SMILES string of the molecule is O=[C]CCCCCCCN1CCCC1. The highest BCUT2D eigenvalue weighted by Gasteiger charge is 2.09. The van der Waals surface area contributed by atoms with Crippen LogP contribution >= 0.6 is 0 Å². The fourth-order valence-electron chi connectivity index (χ4n) is 2.07. The van der Waals surface area contributed by atoms with Gasteiger partial charge in [-0.15, -0.1) is 0 Å². The van der Waals surface area contributed by atoms with E-state index in [1.807, 2.05) is 6.29 Å². The first-order valence-corrected chi connectivity index (χ1v) is 6.01. The summed E-state index contributed by atoms with van der Waals surface area (Å²) in [5.41, 5.74) is 0. The third-order valence-electron chi connectivity index (χ3n) is 2.95. The van der Waals surface area contributed by atoms with Crippen molar-refractivity contribution >= 4 is 6.29 Å². The van der Waals surface area contributed by atoms with Gasteiger partial charge in [-0.05, 0) is 45.3 Å². The highest BCUT2D eigenvalue weighted by atomic mass is 16.1. The Labute approximate surface area is 87.7 Å². The van der Waals surface area contributed by atoms with E-state index in [1.54, 1.807) is 0 Å². The summed E-state index contributed by atoms with van der Waals surface area (Å²) in [5, 5.41) is 0. The van der Waals surface area contributed by atoms with Crippen molar-refractivity contribution in [2.75, 3.05) is 19.6 Å².